The van der Waals surface area contributed by atoms with E-state index in [1.807, 2.05) is 6.92 Å². The molecule has 2 aromatic carbocycles. The van der Waals surface area contributed by atoms with Crippen molar-refractivity contribution in [3.8, 4) is 22.5 Å². The lowest BCUT2D eigenvalue weighted by Gasteiger charge is -2.08. The third-order valence-corrected chi connectivity index (χ3v) is 5.48. The predicted octanol–water partition coefficient (Wildman–Crippen LogP) is 5.34. The predicted molar refractivity (Wildman–Crippen MR) is 105 cm³/mol. The third kappa shape index (κ3) is 3.83. The molecule has 1 aromatic heterocycles. The largest absolute Gasteiger partial charge is 0.460 e. The highest BCUT2D eigenvalue weighted by molar-refractivity contribution is 7.89. The quantitative estimate of drug-likeness (QED) is 0.582. The van der Waals surface area contributed by atoms with Gasteiger partial charge in [-0.1, -0.05) is 42.8 Å². The van der Waals surface area contributed by atoms with Crippen LogP contribution in [0.1, 0.15) is 18.6 Å². The minimum atomic E-state index is -3.96. The first kappa shape index (κ1) is 19.4. The van der Waals surface area contributed by atoms with Gasteiger partial charge in [-0.05, 0) is 30.3 Å². The van der Waals surface area contributed by atoms with E-state index in [-0.39, 0.29) is 15.8 Å². The van der Waals surface area contributed by atoms with E-state index >= 15 is 0 Å². The van der Waals surface area contributed by atoms with E-state index in [2.05, 4.69) is 6.58 Å². The summed E-state index contributed by atoms with van der Waals surface area (Å²) in [7, 11) is -3.96. The average Bonchev–Trinajstić information content (AvgIpc) is 3.08. The molecule has 4 nitrogen and oxygen atoms in total. The summed E-state index contributed by atoms with van der Waals surface area (Å²) >= 11 is 5.91. The normalized spacial score (nSPS) is 12.7. The summed E-state index contributed by atoms with van der Waals surface area (Å²) in [6, 6.07) is 12.3. The molecule has 1 atom stereocenters. The van der Waals surface area contributed by atoms with Crippen LogP contribution in [0.2, 0.25) is 5.02 Å². The molecule has 0 aliphatic heterocycles. The second-order valence-electron chi connectivity index (χ2n) is 6.09. The fourth-order valence-electron chi connectivity index (χ4n) is 2.74. The minimum absolute atomic E-state index is 0.0296. The Labute approximate surface area is 162 Å². The number of sulfonamides is 1. The molecule has 27 heavy (non-hydrogen) atoms. The molecule has 0 spiro atoms. The van der Waals surface area contributed by atoms with Crippen LogP contribution >= 0.6 is 11.6 Å². The molecular weight excluding hydrogens is 389 g/mol. The lowest BCUT2D eigenvalue weighted by atomic mass is 10.0. The summed E-state index contributed by atoms with van der Waals surface area (Å²) in [5.74, 6) is 0.282. The number of allylic oxidation sites excluding steroid dienone is 1. The molecule has 0 aliphatic rings. The van der Waals surface area contributed by atoms with Crippen molar-refractivity contribution in [1.82, 2.24) is 0 Å². The molecule has 3 aromatic rings. The highest BCUT2D eigenvalue weighted by Crippen LogP contribution is 2.40. The van der Waals surface area contributed by atoms with Crippen molar-refractivity contribution in [3.63, 3.8) is 0 Å². The first-order valence-corrected chi connectivity index (χ1v) is 9.98. The molecule has 0 bridgehead atoms. The topological polar surface area (TPSA) is 73.3 Å². The van der Waals surface area contributed by atoms with Gasteiger partial charge in [-0.2, -0.15) is 0 Å². The minimum Gasteiger partial charge on any atom is -0.460 e. The Morgan fingerprint density at radius 3 is 2.52 bits per heavy atom. The zero-order valence-electron chi connectivity index (χ0n) is 14.4. The van der Waals surface area contributed by atoms with Gasteiger partial charge in [-0.15, -0.1) is 6.58 Å². The first-order valence-electron chi connectivity index (χ1n) is 8.06. The Morgan fingerprint density at radius 2 is 1.89 bits per heavy atom. The van der Waals surface area contributed by atoms with Crippen LogP contribution in [0.25, 0.3) is 22.5 Å². The molecule has 1 unspecified atom stereocenters. The number of furan rings is 1. The first-order chi connectivity index (χ1) is 12.7. The number of rotatable bonds is 5. The van der Waals surface area contributed by atoms with Crippen LogP contribution in [0.4, 0.5) is 4.39 Å². The lowest BCUT2D eigenvalue weighted by Crippen LogP contribution is -2.13. The van der Waals surface area contributed by atoms with Gasteiger partial charge in [0.15, 0.2) is 0 Å². The fourth-order valence-corrected chi connectivity index (χ4v) is 3.67. The standard InChI is InChI=1S/C20H17ClFNO3S/c1-3-12(2)18-11-15(14-6-4-5-7-19(14)27(23,24)25)20(26-18)13-8-9-17(22)16(21)10-13/h3-12H,1H2,2H3,(H2,23,24,25). The van der Waals surface area contributed by atoms with Crippen molar-refractivity contribution >= 4 is 21.6 Å². The van der Waals surface area contributed by atoms with Gasteiger partial charge >= 0.3 is 0 Å². The van der Waals surface area contributed by atoms with Gasteiger partial charge in [0, 0.05) is 22.6 Å². The molecule has 140 valence electrons. The van der Waals surface area contributed by atoms with Crippen LogP contribution in [-0.2, 0) is 10.0 Å². The molecule has 0 radical (unpaired) electrons. The van der Waals surface area contributed by atoms with Gasteiger partial charge in [-0.3, -0.25) is 0 Å². The SMILES string of the molecule is C=CC(C)c1cc(-c2ccccc2S(N)(=O)=O)c(-c2ccc(F)c(Cl)c2)o1. The van der Waals surface area contributed by atoms with E-state index in [9.17, 15) is 12.8 Å². The molecule has 0 saturated heterocycles. The number of nitrogens with two attached hydrogens (primary N) is 1. The molecule has 7 heteroatoms. The average molecular weight is 406 g/mol. The highest BCUT2D eigenvalue weighted by atomic mass is 35.5. The monoisotopic (exact) mass is 405 g/mol. The molecule has 0 fully saturated rings. The van der Waals surface area contributed by atoms with E-state index in [1.165, 1.54) is 24.3 Å². The Hall–Kier alpha value is -2.41. The molecule has 2 N–H and O–H groups in total. The Bertz CT molecular complexity index is 1120. The van der Waals surface area contributed by atoms with Gasteiger partial charge < -0.3 is 4.42 Å². The van der Waals surface area contributed by atoms with Crippen LogP contribution < -0.4 is 5.14 Å². The van der Waals surface area contributed by atoms with Gasteiger partial charge in [0.05, 0.1) is 9.92 Å². The molecule has 1 heterocycles. The van der Waals surface area contributed by atoms with Gasteiger partial charge in [-0.25, -0.2) is 17.9 Å². The summed E-state index contributed by atoms with van der Waals surface area (Å²) < 4.78 is 43.6. The maximum atomic E-state index is 13.6. The van der Waals surface area contributed by atoms with Crippen LogP contribution in [-0.4, -0.2) is 8.42 Å². The smallest absolute Gasteiger partial charge is 0.238 e. The van der Waals surface area contributed by atoms with Gasteiger partial charge in [0.25, 0.3) is 0 Å². The number of halogens is 2. The van der Waals surface area contributed by atoms with Gasteiger partial charge in [0.2, 0.25) is 10.0 Å². The summed E-state index contributed by atoms with van der Waals surface area (Å²) in [4.78, 5) is -0.0296. The third-order valence-electron chi connectivity index (χ3n) is 4.22. The van der Waals surface area contributed by atoms with Crippen molar-refractivity contribution in [2.75, 3.05) is 0 Å². The van der Waals surface area contributed by atoms with E-state index in [0.29, 0.717) is 28.2 Å². The maximum absolute atomic E-state index is 13.6. The molecule has 0 aliphatic carbocycles. The van der Waals surface area contributed by atoms with Crippen molar-refractivity contribution in [1.29, 1.82) is 0 Å². The molecule has 3 rings (SSSR count). The van der Waals surface area contributed by atoms with Crippen LogP contribution in [0.15, 0.2) is 70.5 Å². The van der Waals surface area contributed by atoms with Gasteiger partial charge in [0.1, 0.15) is 17.3 Å². The Balaban J connectivity index is 2.32. The van der Waals surface area contributed by atoms with E-state index < -0.39 is 15.8 Å². The Morgan fingerprint density at radius 1 is 1.19 bits per heavy atom. The number of hydrogen-bond acceptors (Lipinski definition) is 3. The number of primary sulfonamides is 1. The fraction of sp³-hybridized carbons (Fsp3) is 0.100. The van der Waals surface area contributed by atoms with Crippen LogP contribution in [0.3, 0.4) is 0 Å². The molecular formula is C20H17ClFNO3S. The maximum Gasteiger partial charge on any atom is 0.238 e. The molecule has 0 saturated carbocycles. The lowest BCUT2D eigenvalue weighted by molar-refractivity contribution is 0.512. The zero-order valence-corrected chi connectivity index (χ0v) is 16.0. The van der Waals surface area contributed by atoms with E-state index in [1.54, 1.807) is 30.3 Å². The van der Waals surface area contributed by atoms with Crippen molar-refractivity contribution < 1.29 is 17.2 Å². The highest BCUT2D eigenvalue weighted by Gasteiger charge is 2.23. The Kier molecular flexibility index (Phi) is 5.24. The van der Waals surface area contributed by atoms with Crippen molar-refractivity contribution in [2.24, 2.45) is 5.14 Å². The second-order valence-corrected chi connectivity index (χ2v) is 8.02. The number of hydrogen-bond donors (Lipinski definition) is 1. The molecule has 0 amide bonds. The number of benzene rings is 2. The van der Waals surface area contributed by atoms with Crippen LogP contribution in [0, 0.1) is 5.82 Å². The van der Waals surface area contributed by atoms with E-state index in [4.69, 9.17) is 21.2 Å². The zero-order chi connectivity index (χ0) is 19.8. The summed E-state index contributed by atoms with van der Waals surface area (Å²) in [5, 5.41) is 5.31. The van der Waals surface area contributed by atoms with Crippen molar-refractivity contribution in [2.45, 2.75) is 17.7 Å². The summed E-state index contributed by atoms with van der Waals surface area (Å²) in [5.41, 5.74) is 1.43. The summed E-state index contributed by atoms with van der Waals surface area (Å²) in [6.07, 6.45) is 1.70. The van der Waals surface area contributed by atoms with E-state index in [0.717, 1.165) is 0 Å². The van der Waals surface area contributed by atoms with Crippen molar-refractivity contribution in [3.05, 3.63) is 77.8 Å². The van der Waals surface area contributed by atoms with Crippen LogP contribution in [0.5, 0.6) is 0 Å². The second kappa shape index (κ2) is 7.31. The summed E-state index contributed by atoms with van der Waals surface area (Å²) in [6.45, 7) is 5.65.